The third-order valence-corrected chi connectivity index (χ3v) is 13.0. The van der Waals surface area contributed by atoms with Crippen LogP contribution in [0.2, 0.25) is 0 Å². The Morgan fingerprint density at radius 3 is 1.92 bits per heavy atom. The van der Waals surface area contributed by atoms with E-state index in [9.17, 15) is 39.9 Å². The predicted octanol–water partition coefficient (Wildman–Crippen LogP) is 4.92. The molecule has 1 fully saturated rings. The molecule has 1 saturated heterocycles. The van der Waals surface area contributed by atoms with E-state index in [4.69, 9.17) is 32.7 Å². The van der Waals surface area contributed by atoms with E-state index in [1.807, 2.05) is 24.6 Å². The van der Waals surface area contributed by atoms with Crippen LogP contribution in [0.25, 0.3) is 20.2 Å². The van der Waals surface area contributed by atoms with Crippen LogP contribution in [0.15, 0.2) is 22.9 Å². The van der Waals surface area contributed by atoms with Gasteiger partial charge in [-0.15, -0.1) is 45.9 Å². The monoisotopic (exact) mass is 778 g/mol. The number of amides is 2. The number of aliphatic hydroxyl groups excluding tert-OH is 3. The number of phenols is 1. The quantitative estimate of drug-likeness (QED) is 0.147. The molecule has 4 aromatic rings. The lowest BCUT2D eigenvalue weighted by Gasteiger charge is -2.38. The van der Waals surface area contributed by atoms with Crippen LogP contribution in [0.4, 0.5) is 11.4 Å². The minimum atomic E-state index is -1.87. The van der Waals surface area contributed by atoms with Gasteiger partial charge in [0.15, 0.2) is 6.10 Å². The summed E-state index contributed by atoms with van der Waals surface area (Å²) in [6.45, 7) is 4.56. The smallest absolute Gasteiger partial charge is 0.335 e. The number of carbonyl (C=O) groups excluding carboxylic acids is 2. The number of aryl methyl sites for hydroxylation is 2. The number of anilines is 2. The Morgan fingerprint density at radius 2 is 1.37 bits per heavy atom. The van der Waals surface area contributed by atoms with Crippen molar-refractivity contribution in [2.75, 3.05) is 34.6 Å². The highest BCUT2D eigenvalue weighted by Crippen LogP contribution is 2.50. The number of benzene rings is 2. The van der Waals surface area contributed by atoms with Crippen LogP contribution in [0.1, 0.15) is 53.4 Å². The van der Waals surface area contributed by atoms with Crippen LogP contribution in [-0.4, -0.2) is 98.9 Å². The number of phenolic OH excluding ortho intramolecular Hbond substituents is 1. The number of aliphatic carboxylic acids is 1. The summed E-state index contributed by atoms with van der Waals surface area (Å²) in [5.74, 6) is -1.38. The molecule has 0 aliphatic carbocycles. The van der Waals surface area contributed by atoms with E-state index in [0.717, 1.165) is 37.7 Å². The van der Waals surface area contributed by atoms with Crippen LogP contribution in [0.5, 0.6) is 11.5 Å². The molecule has 7 atom stereocenters. The highest BCUT2D eigenvalue weighted by molar-refractivity contribution is 7.18. The van der Waals surface area contributed by atoms with Crippen molar-refractivity contribution < 1.29 is 49.4 Å². The third kappa shape index (κ3) is 6.03. The van der Waals surface area contributed by atoms with Gasteiger partial charge in [0.1, 0.15) is 29.8 Å². The van der Waals surface area contributed by atoms with E-state index in [1.165, 1.54) is 22.7 Å². The highest BCUT2D eigenvalue weighted by Gasteiger charge is 2.48. The van der Waals surface area contributed by atoms with Gasteiger partial charge >= 0.3 is 5.97 Å². The van der Waals surface area contributed by atoms with Gasteiger partial charge in [0.2, 0.25) is 18.1 Å². The topological polar surface area (TPSA) is 177 Å². The van der Waals surface area contributed by atoms with Crippen LogP contribution in [0, 0.1) is 13.8 Å². The number of fused-ring (bicyclic) bond motifs is 6. The standard InChI is InChI=1S/C35H36Cl2N2O10S2/c1-14-12-50-32-20(40)6-18-26(24(14)32)16(8-36)10-38(18)22(41)4-3-5-23(42)39-11-17(9-37)27-19(39)7-21(33-25(27)15(2)13-51-33)48-35-30(45)28(43)29(44)31(49-35)34(46)47/h6-7,12-13,16-17,28-31,35,40,43-45H,3-5,8-11H2,1-2H3,(H,46,47)/t16-,17-,28+,29+,30-,31+,35-/m1/s1. The minimum absolute atomic E-state index is 0.0550. The molecule has 3 aliphatic rings. The Morgan fingerprint density at radius 1 is 0.843 bits per heavy atom. The van der Waals surface area contributed by atoms with E-state index in [2.05, 4.69) is 0 Å². The molecule has 0 saturated carbocycles. The maximum absolute atomic E-state index is 13.9. The first-order valence-corrected chi connectivity index (χ1v) is 19.3. The van der Waals surface area contributed by atoms with Crippen molar-refractivity contribution in [3.63, 3.8) is 0 Å². The Kier molecular flexibility index (Phi) is 9.91. The highest BCUT2D eigenvalue weighted by atomic mass is 35.5. The average molecular weight is 780 g/mol. The number of aliphatic hydroxyl groups is 3. The zero-order valence-corrected chi connectivity index (χ0v) is 30.7. The molecule has 51 heavy (non-hydrogen) atoms. The maximum Gasteiger partial charge on any atom is 0.335 e. The van der Waals surface area contributed by atoms with Gasteiger partial charge in [0.25, 0.3) is 0 Å². The van der Waals surface area contributed by atoms with E-state index < -0.39 is 36.7 Å². The van der Waals surface area contributed by atoms with Gasteiger partial charge in [-0.1, -0.05) is 0 Å². The maximum atomic E-state index is 13.9. The van der Waals surface area contributed by atoms with Crippen molar-refractivity contribution in [2.24, 2.45) is 0 Å². The molecule has 2 aromatic heterocycles. The normalized spacial score (nSPS) is 25.8. The van der Waals surface area contributed by atoms with E-state index in [1.54, 1.807) is 21.9 Å². The van der Waals surface area contributed by atoms with Gasteiger partial charge in [0.05, 0.1) is 20.8 Å². The molecular weight excluding hydrogens is 743 g/mol. The Labute approximate surface area is 310 Å². The molecule has 5 heterocycles. The molecule has 7 rings (SSSR count). The number of aromatic hydroxyl groups is 1. The van der Waals surface area contributed by atoms with Crippen molar-refractivity contribution in [2.45, 2.75) is 75.7 Å². The molecule has 16 heteroatoms. The largest absolute Gasteiger partial charge is 0.506 e. The van der Waals surface area contributed by atoms with Gasteiger partial charge in [-0.3, -0.25) is 9.59 Å². The average Bonchev–Trinajstić information content (AvgIpc) is 3.87. The summed E-state index contributed by atoms with van der Waals surface area (Å²) in [5, 5.41) is 57.0. The second kappa shape index (κ2) is 14.0. The second-order valence-corrected chi connectivity index (χ2v) is 15.7. The molecular formula is C35H36Cl2N2O10S2. The first kappa shape index (κ1) is 36.2. The van der Waals surface area contributed by atoms with Crippen LogP contribution >= 0.6 is 45.9 Å². The fraction of sp³-hybridized carbons (Fsp3) is 0.457. The number of thiophene rings is 2. The lowest BCUT2D eigenvalue weighted by molar-refractivity contribution is -0.270. The molecule has 5 N–H and O–H groups in total. The third-order valence-electron chi connectivity index (χ3n) is 10.1. The van der Waals surface area contributed by atoms with Crippen molar-refractivity contribution in [1.29, 1.82) is 0 Å². The van der Waals surface area contributed by atoms with E-state index in [0.29, 0.717) is 35.0 Å². The van der Waals surface area contributed by atoms with Crippen molar-refractivity contribution in [1.82, 2.24) is 0 Å². The number of carboxylic acid groups (broad SMARTS) is 1. The molecule has 0 spiro atoms. The molecule has 2 aromatic carbocycles. The molecule has 0 unspecified atom stereocenters. The number of alkyl halides is 2. The molecule has 0 radical (unpaired) electrons. The summed E-state index contributed by atoms with van der Waals surface area (Å²) in [6, 6.07) is 3.26. The number of carbonyl (C=O) groups is 3. The SMILES string of the molecule is Cc1csc2c(O)cc3c(c12)[C@H](CCl)CN3C(=O)CCCC(=O)N1C[C@@H](CCl)c2c1cc(O[C@@H]1O[C@H](C(=O)O)[C@@H](O)[C@H](O)[C@H]1O)c1scc(C)c21. The Bertz CT molecular complexity index is 2050. The van der Waals surface area contributed by atoms with Gasteiger partial charge in [-0.05, 0) is 53.3 Å². The van der Waals surface area contributed by atoms with E-state index in [-0.39, 0.29) is 60.3 Å². The molecule has 12 nitrogen and oxygen atoms in total. The lowest BCUT2D eigenvalue weighted by atomic mass is 9.96. The van der Waals surface area contributed by atoms with Crippen LogP contribution in [0.3, 0.4) is 0 Å². The first-order valence-electron chi connectivity index (χ1n) is 16.5. The number of hydrogen-bond acceptors (Lipinski definition) is 11. The van der Waals surface area contributed by atoms with Gasteiger partial charge in [0, 0.05) is 72.4 Å². The fourth-order valence-corrected chi connectivity index (χ4v) is 10.1. The summed E-state index contributed by atoms with van der Waals surface area (Å²) >= 11 is 15.6. The minimum Gasteiger partial charge on any atom is -0.506 e. The number of rotatable bonds is 9. The molecule has 3 aliphatic heterocycles. The second-order valence-electron chi connectivity index (χ2n) is 13.3. The Balaban J connectivity index is 1.11. The first-order chi connectivity index (χ1) is 24.4. The van der Waals surface area contributed by atoms with Crippen LogP contribution in [-0.2, 0) is 19.1 Å². The number of carboxylic acids is 1. The van der Waals surface area contributed by atoms with Crippen molar-refractivity contribution in [3.8, 4) is 11.5 Å². The number of ether oxygens (including phenoxy) is 2. The van der Waals surface area contributed by atoms with Crippen molar-refractivity contribution in [3.05, 3.63) is 45.1 Å². The van der Waals surface area contributed by atoms with Crippen molar-refractivity contribution >= 4 is 95.2 Å². The zero-order valence-electron chi connectivity index (χ0n) is 27.5. The number of hydrogen-bond donors (Lipinski definition) is 5. The number of nitrogens with zero attached hydrogens (tertiary/aromatic N) is 2. The lowest BCUT2D eigenvalue weighted by Crippen LogP contribution is -2.61. The summed E-state index contributed by atoms with van der Waals surface area (Å²) in [4.78, 5) is 42.4. The molecule has 272 valence electrons. The zero-order chi connectivity index (χ0) is 36.5. The Hall–Kier alpha value is -3.21. The fourth-order valence-electron chi connectivity index (χ4n) is 7.56. The summed E-state index contributed by atoms with van der Waals surface area (Å²) in [5.41, 5.74) is 4.92. The molecule has 0 bridgehead atoms. The summed E-state index contributed by atoms with van der Waals surface area (Å²) in [6.07, 6.45) is -8.55. The summed E-state index contributed by atoms with van der Waals surface area (Å²) < 4.78 is 12.8. The number of halogens is 2. The van der Waals surface area contributed by atoms with Crippen LogP contribution < -0.4 is 14.5 Å². The van der Waals surface area contributed by atoms with Gasteiger partial charge < -0.3 is 44.8 Å². The summed E-state index contributed by atoms with van der Waals surface area (Å²) in [7, 11) is 0. The predicted molar refractivity (Wildman–Crippen MR) is 195 cm³/mol. The molecule has 2 amide bonds. The van der Waals surface area contributed by atoms with E-state index >= 15 is 0 Å². The van der Waals surface area contributed by atoms with Gasteiger partial charge in [-0.25, -0.2) is 4.79 Å². The van der Waals surface area contributed by atoms with Gasteiger partial charge in [-0.2, -0.15) is 0 Å².